The van der Waals surface area contributed by atoms with E-state index in [2.05, 4.69) is 6.92 Å². The first-order valence-corrected chi connectivity index (χ1v) is 6.36. The molecule has 0 bridgehead atoms. The number of carbonyl (C=O) groups excluding carboxylic acids is 1. The van der Waals surface area contributed by atoms with E-state index in [0.717, 1.165) is 13.0 Å². The summed E-state index contributed by atoms with van der Waals surface area (Å²) in [5.74, 6) is -0.398. The Balaban J connectivity index is 3.24. The zero-order valence-corrected chi connectivity index (χ0v) is 11.8. The average Bonchev–Trinajstić information content (AvgIpc) is 2.28. The molecule has 0 aliphatic carbocycles. The van der Waals surface area contributed by atoms with E-state index >= 15 is 0 Å². The van der Waals surface area contributed by atoms with Crippen molar-refractivity contribution in [1.82, 2.24) is 0 Å². The molecule has 0 aromatic heterocycles. The second-order valence-electron chi connectivity index (χ2n) is 4.04. The molecule has 100 valence electrons. The van der Waals surface area contributed by atoms with Crippen LogP contribution in [0, 0.1) is 0 Å². The van der Waals surface area contributed by atoms with E-state index in [1.54, 1.807) is 19.1 Å². The number of rotatable bonds is 5. The minimum atomic E-state index is -0.398. The molecule has 0 heterocycles. The number of hydrogen-bond donors (Lipinski definition) is 1. The molecule has 2 N–H and O–H groups in total. The van der Waals surface area contributed by atoms with E-state index in [1.807, 2.05) is 11.9 Å². The molecule has 0 saturated carbocycles. The Kier molecular flexibility index (Phi) is 5.28. The Bertz CT molecular complexity index is 435. The highest BCUT2D eigenvalue weighted by molar-refractivity contribution is 6.34. The van der Waals surface area contributed by atoms with Gasteiger partial charge in [0.05, 0.1) is 22.9 Å². The maximum atomic E-state index is 11.9. The molecule has 0 aliphatic rings. The van der Waals surface area contributed by atoms with Crippen LogP contribution in [0.1, 0.15) is 30.6 Å². The fraction of sp³-hybridized carbons (Fsp3) is 0.462. The summed E-state index contributed by atoms with van der Waals surface area (Å²) in [6.07, 6.45) is 0.958. The van der Waals surface area contributed by atoms with Gasteiger partial charge < -0.3 is 15.4 Å². The molecule has 0 saturated heterocycles. The summed E-state index contributed by atoms with van der Waals surface area (Å²) in [5.41, 5.74) is 7.27. The summed E-state index contributed by atoms with van der Waals surface area (Å²) in [6.45, 7) is 4.95. The van der Waals surface area contributed by atoms with Crippen LogP contribution in [0.5, 0.6) is 0 Å². The molecule has 18 heavy (non-hydrogen) atoms. The number of nitrogen functional groups attached to an aromatic ring is 1. The van der Waals surface area contributed by atoms with E-state index in [1.165, 1.54) is 0 Å². The summed E-state index contributed by atoms with van der Waals surface area (Å²) < 4.78 is 5.03. The number of hydrogen-bond acceptors (Lipinski definition) is 4. The van der Waals surface area contributed by atoms with Gasteiger partial charge in [-0.25, -0.2) is 4.79 Å². The van der Waals surface area contributed by atoms with Gasteiger partial charge in [-0.05, 0) is 25.5 Å². The lowest BCUT2D eigenvalue weighted by atomic mass is 10.1. The first-order valence-electron chi connectivity index (χ1n) is 5.98. The second kappa shape index (κ2) is 6.50. The van der Waals surface area contributed by atoms with Gasteiger partial charge in [0, 0.05) is 19.3 Å². The summed E-state index contributed by atoms with van der Waals surface area (Å²) >= 11 is 6.18. The zero-order valence-electron chi connectivity index (χ0n) is 11.0. The average molecular weight is 271 g/mol. The Labute approximate surface area is 113 Å². The standard InChI is InChI=1S/C13H19ClN2O2/c1-4-6-16(3)12-10(13(17)18-5-2)7-9(15)8-11(12)14/h7-8H,4-6,15H2,1-3H3. The highest BCUT2D eigenvalue weighted by atomic mass is 35.5. The number of nitrogens with zero attached hydrogens (tertiary/aromatic N) is 1. The van der Waals surface area contributed by atoms with Crippen molar-refractivity contribution in [2.75, 3.05) is 30.8 Å². The summed E-state index contributed by atoms with van der Waals surface area (Å²) in [7, 11) is 1.89. The summed E-state index contributed by atoms with van der Waals surface area (Å²) in [4.78, 5) is 13.9. The van der Waals surface area contributed by atoms with Gasteiger partial charge in [0.25, 0.3) is 0 Å². The van der Waals surface area contributed by atoms with Crippen molar-refractivity contribution in [2.24, 2.45) is 0 Å². The van der Waals surface area contributed by atoms with Crippen molar-refractivity contribution in [1.29, 1.82) is 0 Å². The van der Waals surface area contributed by atoms with Crippen molar-refractivity contribution in [2.45, 2.75) is 20.3 Å². The lowest BCUT2D eigenvalue weighted by Crippen LogP contribution is -2.22. The maximum Gasteiger partial charge on any atom is 0.340 e. The van der Waals surface area contributed by atoms with Crippen LogP contribution in [0.25, 0.3) is 0 Å². The number of ether oxygens (including phenoxy) is 1. The van der Waals surface area contributed by atoms with Gasteiger partial charge in [-0.2, -0.15) is 0 Å². The number of halogens is 1. The van der Waals surface area contributed by atoms with E-state index in [0.29, 0.717) is 28.6 Å². The quantitative estimate of drug-likeness (QED) is 0.660. The van der Waals surface area contributed by atoms with Crippen molar-refractivity contribution < 1.29 is 9.53 Å². The van der Waals surface area contributed by atoms with E-state index in [4.69, 9.17) is 22.1 Å². The molecule has 0 unspecified atom stereocenters. The van der Waals surface area contributed by atoms with Gasteiger partial charge >= 0.3 is 5.97 Å². The SMILES string of the molecule is CCCN(C)c1c(Cl)cc(N)cc1C(=O)OCC. The molecule has 0 spiro atoms. The van der Waals surface area contributed by atoms with Crippen molar-refractivity contribution >= 4 is 28.9 Å². The molecule has 5 heteroatoms. The Morgan fingerprint density at radius 1 is 1.44 bits per heavy atom. The maximum absolute atomic E-state index is 11.9. The summed E-state index contributed by atoms with van der Waals surface area (Å²) in [5, 5.41) is 0.467. The highest BCUT2D eigenvalue weighted by Gasteiger charge is 2.19. The van der Waals surface area contributed by atoms with E-state index in [-0.39, 0.29) is 0 Å². The van der Waals surface area contributed by atoms with Crippen LogP contribution in [-0.2, 0) is 4.74 Å². The molecule has 0 aliphatic heterocycles. The fourth-order valence-electron chi connectivity index (χ4n) is 1.82. The van der Waals surface area contributed by atoms with Crippen LogP contribution >= 0.6 is 11.6 Å². The zero-order chi connectivity index (χ0) is 13.7. The number of benzene rings is 1. The van der Waals surface area contributed by atoms with Crippen LogP contribution in [0.15, 0.2) is 12.1 Å². The van der Waals surface area contributed by atoms with Gasteiger partial charge in [0.2, 0.25) is 0 Å². The molecule has 0 fully saturated rings. The molecule has 1 rings (SSSR count). The second-order valence-corrected chi connectivity index (χ2v) is 4.45. The van der Waals surface area contributed by atoms with Gasteiger partial charge in [-0.15, -0.1) is 0 Å². The number of anilines is 2. The smallest absolute Gasteiger partial charge is 0.340 e. The lowest BCUT2D eigenvalue weighted by molar-refractivity contribution is 0.0527. The molecule has 1 aromatic rings. The van der Waals surface area contributed by atoms with Crippen molar-refractivity contribution in [3.63, 3.8) is 0 Å². The van der Waals surface area contributed by atoms with E-state index in [9.17, 15) is 4.79 Å². The third kappa shape index (κ3) is 3.29. The molecule has 4 nitrogen and oxygen atoms in total. The monoisotopic (exact) mass is 270 g/mol. The number of esters is 1. The first-order chi connectivity index (χ1) is 8.51. The minimum absolute atomic E-state index is 0.322. The highest BCUT2D eigenvalue weighted by Crippen LogP contribution is 2.32. The molecule has 1 aromatic carbocycles. The topological polar surface area (TPSA) is 55.6 Å². The van der Waals surface area contributed by atoms with E-state index < -0.39 is 5.97 Å². The predicted octanol–water partition coefficient (Wildman–Crippen LogP) is 2.95. The number of nitrogens with two attached hydrogens (primary N) is 1. The van der Waals surface area contributed by atoms with Crippen LogP contribution < -0.4 is 10.6 Å². The Morgan fingerprint density at radius 2 is 2.11 bits per heavy atom. The third-order valence-electron chi connectivity index (χ3n) is 2.52. The van der Waals surface area contributed by atoms with Crippen LogP contribution in [0.3, 0.4) is 0 Å². The minimum Gasteiger partial charge on any atom is -0.462 e. The molecule has 0 amide bonds. The lowest BCUT2D eigenvalue weighted by Gasteiger charge is -2.23. The first kappa shape index (κ1) is 14.6. The largest absolute Gasteiger partial charge is 0.462 e. The Hall–Kier alpha value is -1.42. The Morgan fingerprint density at radius 3 is 2.67 bits per heavy atom. The van der Waals surface area contributed by atoms with Gasteiger partial charge in [0.1, 0.15) is 0 Å². The van der Waals surface area contributed by atoms with Gasteiger partial charge in [0.15, 0.2) is 0 Å². The van der Waals surface area contributed by atoms with Crippen molar-refractivity contribution in [3.05, 3.63) is 22.7 Å². The van der Waals surface area contributed by atoms with Crippen LogP contribution in [0.2, 0.25) is 5.02 Å². The predicted molar refractivity (Wildman–Crippen MR) is 75.4 cm³/mol. The van der Waals surface area contributed by atoms with Gasteiger partial charge in [-0.1, -0.05) is 18.5 Å². The molecule has 0 radical (unpaired) electrons. The van der Waals surface area contributed by atoms with Gasteiger partial charge in [-0.3, -0.25) is 0 Å². The fourth-order valence-corrected chi connectivity index (χ4v) is 2.19. The summed E-state index contributed by atoms with van der Waals surface area (Å²) in [6, 6.07) is 3.25. The van der Waals surface area contributed by atoms with Crippen molar-refractivity contribution in [3.8, 4) is 0 Å². The molecular weight excluding hydrogens is 252 g/mol. The third-order valence-corrected chi connectivity index (χ3v) is 2.81. The van der Waals surface area contributed by atoms with Crippen LogP contribution in [0.4, 0.5) is 11.4 Å². The molecular formula is C13H19ClN2O2. The number of carbonyl (C=O) groups is 1. The molecule has 0 atom stereocenters. The van der Waals surface area contributed by atoms with Crippen LogP contribution in [-0.4, -0.2) is 26.2 Å². The normalized spacial score (nSPS) is 10.2.